The monoisotopic (exact) mass is 452 g/mol. The van der Waals surface area contributed by atoms with Gasteiger partial charge in [0.25, 0.3) is 0 Å². The summed E-state index contributed by atoms with van der Waals surface area (Å²) in [5, 5.41) is 3.20. The summed E-state index contributed by atoms with van der Waals surface area (Å²) >= 11 is 1.69. The number of nitrogens with one attached hydrogen (secondary N) is 1. The number of benzene rings is 2. The second kappa shape index (κ2) is 12.7. The van der Waals surface area contributed by atoms with Crippen molar-refractivity contribution in [2.24, 2.45) is 0 Å². The van der Waals surface area contributed by atoms with E-state index in [-0.39, 0.29) is 17.9 Å². The number of thioether (sulfide) groups is 1. The first-order valence-corrected chi connectivity index (χ1v) is 12.8. The van der Waals surface area contributed by atoms with Gasteiger partial charge in [-0.25, -0.2) is 0 Å². The van der Waals surface area contributed by atoms with Crippen molar-refractivity contribution in [2.75, 3.05) is 12.3 Å². The van der Waals surface area contributed by atoms with Gasteiger partial charge in [-0.3, -0.25) is 9.59 Å². The molecular formula is C27H36N2O2S. The lowest BCUT2D eigenvalue weighted by Gasteiger charge is -2.31. The lowest BCUT2D eigenvalue weighted by Crippen LogP contribution is -2.51. The maximum atomic E-state index is 13.2. The average molecular weight is 453 g/mol. The number of hydrogen-bond acceptors (Lipinski definition) is 3. The van der Waals surface area contributed by atoms with E-state index in [0.29, 0.717) is 18.7 Å². The molecular weight excluding hydrogens is 416 g/mol. The Balaban J connectivity index is 1.59. The average Bonchev–Trinajstić information content (AvgIpc) is 2.81. The van der Waals surface area contributed by atoms with Crippen LogP contribution in [0, 0.1) is 6.92 Å². The standard InChI is InChI=1S/C27H36N2O2S/c1-21-13-15-25(16-14-21)32-20-18-26(30)29(19-17-23-9-5-3-6-10-23)22(2)27(31)28-24-11-7-4-8-12-24/h3,5-6,9-10,13-16,22,24H,4,7-8,11-12,17-20H2,1-2H3,(H,28,31)/t22-/m0/s1. The second-order valence-corrected chi connectivity index (χ2v) is 9.92. The summed E-state index contributed by atoms with van der Waals surface area (Å²) < 4.78 is 0. The summed E-state index contributed by atoms with van der Waals surface area (Å²) in [6, 6.07) is 18.3. The van der Waals surface area contributed by atoms with Crippen LogP contribution in [0.1, 0.15) is 56.6 Å². The van der Waals surface area contributed by atoms with Gasteiger partial charge in [0.15, 0.2) is 0 Å². The van der Waals surface area contributed by atoms with Crippen LogP contribution in [0.5, 0.6) is 0 Å². The SMILES string of the molecule is Cc1ccc(SCCC(=O)N(CCc2ccccc2)[C@@H](C)C(=O)NC2CCCCC2)cc1. The summed E-state index contributed by atoms with van der Waals surface area (Å²) in [4.78, 5) is 29.1. The predicted molar refractivity (Wildman–Crippen MR) is 133 cm³/mol. The predicted octanol–water partition coefficient (Wildman–Crippen LogP) is 5.39. The molecule has 0 unspecified atom stereocenters. The first kappa shape index (κ1) is 24.4. The van der Waals surface area contributed by atoms with E-state index in [1.54, 1.807) is 16.7 Å². The lowest BCUT2D eigenvalue weighted by atomic mass is 9.95. The van der Waals surface area contributed by atoms with E-state index in [4.69, 9.17) is 0 Å². The van der Waals surface area contributed by atoms with Crippen LogP contribution in [0.3, 0.4) is 0 Å². The molecule has 4 nitrogen and oxygen atoms in total. The third kappa shape index (κ3) is 7.70. The summed E-state index contributed by atoms with van der Waals surface area (Å²) in [6.07, 6.45) is 6.86. The molecule has 0 saturated heterocycles. The van der Waals surface area contributed by atoms with Gasteiger partial charge in [0.1, 0.15) is 6.04 Å². The summed E-state index contributed by atoms with van der Waals surface area (Å²) in [6.45, 7) is 4.49. The molecule has 1 aliphatic rings. The molecule has 5 heteroatoms. The number of rotatable bonds is 10. The molecule has 1 saturated carbocycles. The Morgan fingerprint density at radius 1 is 1.03 bits per heavy atom. The van der Waals surface area contributed by atoms with Crippen molar-refractivity contribution in [3.05, 3.63) is 65.7 Å². The molecule has 2 aromatic rings. The van der Waals surface area contributed by atoms with Crippen molar-refractivity contribution in [2.45, 2.75) is 75.8 Å². The molecule has 0 aliphatic heterocycles. The molecule has 1 aliphatic carbocycles. The highest BCUT2D eigenvalue weighted by atomic mass is 32.2. The first-order chi connectivity index (χ1) is 15.5. The van der Waals surface area contributed by atoms with E-state index in [1.165, 1.54) is 35.3 Å². The molecule has 0 radical (unpaired) electrons. The highest BCUT2D eigenvalue weighted by Crippen LogP contribution is 2.21. The summed E-state index contributed by atoms with van der Waals surface area (Å²) in [5.41, 5.74) is 2.41. The minimum atomic E-state index is -0.461. The van der Waals surface area contributed by atoms with Crippen molar-refractivity contribution in [1.82, 2.24) is 10.2 Å². The fraction of sp³-hybridized carbons (Fsp3) is 0.481. The zero-order valence-electron chi connectivity index (χ0n) is 19.4. The van der Waals surface area contributed by atoms with Crippen LogP contribution in [0.2, 0.25) is 0 Å². The number of amides is 2. The fourth-order valence-electron chi connectivity index (χ4n) is 4.17. The lowest BCUT2D eigenvalue weighted by molar-refractivity contribution is -0.140. The zero-order chi connectivity index (χ0) is 22.8. The van der Waals surface area contributed by atoms with Gasteiger partial charge in [0.05, 0.1) is 0 Å². The number of aryl methyl sites for hydroxylation is 1. The number of carbonyl (C=O) groups is 2. The maximum absolute atomic E-state index is 13.2. The van der Waals surface area contributed by atoms with E-state index in [1.807, 2.05) is 25.1 Å². The summed E-state index contributed by atoms with van der Waals surface area (Å²) in [7, 11) is 0. The highest BCUT2D eigenvalue weighted by molar-refractivity contribution is 7.99. The van der Waals surface area contributed by atoms with Gasteiger partial charge in [0.2, 0.25) is 11.8 Å². The van der Waals surface area contributed by atoms with Gasteiger partial charge in [-0.1, -0.05) is 67.3 Å². The van der Waals surface area contributed by atoms with Crippen molar-refractivity contribution in [3.8, 4) is 0 Å². The van der Waals surface area contributed by atoms with E-state index in [9.17, 15) is 9.59 Å². The molecule has 0 spiro atoms. The van der Waals surface area contributed by atoms with E-state index in [2.05, 4.69) is 48.6 Å². The van der Waals surface area contributed by atoms with Crippen molar-refractivity contribution < 1.29 is 9.59 Å². The Labute approximate surface area is 197 Å². The van der Waals surface area contributed by atoms with Gasteiger partial charge in [-0.2, -0.15) is 0 Å². The fourth-order valence-corrected chi connectivity index (χ4v) is 5.01. The van der Waals surface area contributed by atoms with Crippen LogP contribution in [0.15, 0.2) is 59.5 Å². The smallest absolute Gasteiger partial charge is 0.242 e. The van der Waals surface area contributed by atoms with Gasteiger partial charge in [0, 0.05) is 29.7 Å². The van der Waals surface area contributed by atoms with Crippen LogP contribution in [-0.4, -0.2) is 41.1 Å². The second-order valence-electron chi connectivity index (χ2n) is 8.75. The Kier molecular flexibility index (Phi) is 9.66. The van der Waals surface area contributed by atoms with Crippen LogP contribution < -0.4 is 5.32 Å². The quantitative estimate of drug-likeness (QED) is 0.492. The molecule has 0 heterocycles. The van der Waals surface area contributed by atoms with Crippen molar-refractivity contribution in [1.29, 1.82) is 0 Å². The largest absolute Gasteiger partial charge is 0.352 e. The number of hydrogen-bond donors (Lipinski definition) is 1. The third-order valence-corrected chi connectivity index (χ3v) is 7.22. The Bertz CT molecular complexity index is 848. The van der Waals surface area contributed by atoms with Crippen LogP contribution >= 0.6 is 11.8 Å². The normalized spacial score (nSPS) is 15.2. The molecule has 0 bridgehead atoms. The number of nitrogens with zero attached hydrogens (tertiary/aromatic N) is 1. The van der Waals surface area contributed by atoms with Crippen LogP contribution in [-0.2, 0) is 16.0 Å². The van der Waals surface area contributed by atoms with Crippen molar-refractivity contribution in [3.63, 3.8) is 0 Å². The van der Waals surface area contributed by atoms with Crippen LogP contribution in [0.25, 0.3) is 0 Å². The first-order valence-electron chi connectivity index (χ1n) is 11.9. The molecule has 1 N–H and O–H groups in total. The molecule has 32 heavy (non-hydrogen) atoms. The molecule has 3 rings (SSSR count). The molecule has 1 atom stereocenters. The molecule has 2 amide bonds. The Morgan fingerprint density at radius 3 is 2.41 bits per heavy atom. The Morgan fingerprint density at radius 2 is 1.72 bits per heavy atom. The van der Waals surface area contributed by atoms with Gasteiger partial charge in [-0.05, 0) is 50.8 Å². The van der Waals surface area contributed by atoms with Gasteiger partial charge < -0.3 is 10.2 Å². The molecule has 0 aromatic heterocycles. The van der Waals surface area contributed by atoms with Gasteiger partial charge >= 0.3 is 0 Å². The minimum Gasteiger partial charge on any atom is -0.352 e. The highest BCUT2D eigenvalue weighted by Gasteiger charge is 2.27. The minimum absolute atomic E-state index is 0.0236. The Hall–Kier alpha value is -2.27. The van der Waals surface area contributed by atoms with Gasteiger partial charge in [-0.15, -0.1) is 11.8 Å². The van der Waals surface area contributed by atoms with Crippen LogP contribution in [0.4, 0.5) is 0 Å². The zero-order valence-corrected chi connectivity index (χ0v) is 20.2. The maximum Gasteiger partial charge on any atom is 0.242 e. The van der Waals surface area contributed by atoms with E-state index >= 15 is 0 Å². The topological polar surface area (TPSA) is 49.4 Å². The summed E-state index contributed by atoms with van der Waals surface area (Å²) in [5.74, 6) is 0.733. The third-order valence-electron chi connectivity index (χ3n) is 6.21. The van der Waals surface area contributed by atoms with E-state index in [0.717, 1.165) is 19.3 Å². The molecule has 1 fully saturated rings. The van der Waals surface area contributed by atoms with E-state index < -0.39 is 6.04 Å². The molecule has 172 valence electrons. The molecule has 2 aromatic carbocycles. The van der Waals surface area contributed by atoms with Crippen molar-refractivity contribution >= 4 is 23.6 Å². The number of carbonyl (C=O) groups excluding carboxylic acids is 2.